The summed E-state index contributed by atoms with van der Waals surface area (Å²) < 4.78 is 23.7. The molecule has 0 unspecified atom stereocenters. The number of nitrogens with one attached hydrogen (secondary N) is 1. The van der Waals surface area contributed by atoms with E-state index in [2.05, 4.69) is 5.32 Å². The van der Waals surface area contributed by atoms with E-state index in [0.29, 0.717) is 22.7 Å². The Bertz CT molecular complexity index is 691. The summed E-state index contributed by atoms with van der Waals surface area (Å²) in [7, 11) is 3.07. The lowest BCUT2D eigenvalue weighted by Gasteiger charge is -2.11. The predicted molar refractivity (Wildman–Crippen MR) is 83.3 cm³/mol. The molecular weight excluding hydrogens is 309 g/mol. The first-order valence-corrected chi connectivity index (χ1v) is 6.87. The van der Waals surface area contributed by atoms with Gasteiger partial charge in [-0.15, -0.1) is 0 Å². The number of rotatable bonds is 5. The zero-order valence-electron chi connectivity index (χ0n) is 12.2. The molecule has 0 aliphatic heterocycles. The van der Waals surface area contributed by atoms with Gasteiger partial charge in [0, 0.05) is 11.3 Å². The first kappa shape index (κ1) is 16.1. The first-order valence-electron chi connectivity index (χ1n) is 6.49. The maximum absolute atomic E-state index is 13.4. The van der Waals surface area contributed by atoms with Crippen molar-refractivity contribution in [2.24, 2.45) is 0 Å². The molecule has 0 atom stereocenters. The second kappa shape index (κ2) is 7.13. The van der Waals surface area contributed by atoms with Crippen molar-refractivity contribution in [3.05, 3.63) is 52.8 Å². The standard InChI is InChI=1S/C16H15ClFNO3/c1-21-12-4-6-15(22-2)10(7-12)8-16(20)19-11-3-5-13(17)14(18)9-11/h3-7,9H,8H2,1-2H3,(H,19,20). The molecule has 0 aliphatic carbocycles. The van der Waals surface area contributed by atoms with Crippen LogP contribution in [0.1, 0.15) is 5.56 Å². The minimum absolute atomic E-state index is 0.00691. The molecule has 4 nitrogen and oxygen atoms in total. The molecule has 0 radical (unpaired) electrons. The van der Waals surface area contributed by atoms with Crippen molar-refractivity contribution in [2.75, 3.05) is 19.5 Å². The summed E-state index contributed by atoms with van der Waals surface area (Å²) in [5.41, 5.74) is 1.02. The maximum Gasteiger partial charge on any atom is 0.228 e. The highest BCUT2D eigenvalue weighted by atomic mass is 35.5. The molecule has 0 fully saturated rings. The molecule has 2 aromatic rings. The van der Waals surface area contributed by atoms with Crippen LogP contribution in [-0.2, 0) is 11.2 Å². The maximum atomic E-state index is 13.4. The van der Waals surface area contributed by atoms with Crippen LogP contribution < -0.4 is 14.8 Å². The van der Waals surface area contributed by atoms with Crippen LogP contribution in [0.25, 0.3) is 0 Å². The van der Waals surface area contributed by atoms with Gasteiger partial charge in [0.05, 0.1) is 25.7 Å². The number of anilines is 1. The quantitative estimate of drug-likeness (QED) is 0.913. The van der Waals surface area contributed by atoms with E-state index in [4.69, 9.17) is 21.1 Å². The number of hydrogen-bond donors (Lipinski definition) is 1. The SMILES string of the molecule is COc1ccc(OC)c(CC(=O)Nc2ccc(Cl)c(F)c2)c1. The molecule has 6 heteroatoms. The first-order chi connectivity index (χ1) is 10.5. The minimum Gasteiger partial charge on any atom is -0.497 e. The van der Waals surface area contributed by atoms with E-state index in [1.807, 2.05) is 0 Å². The van der Waals surface area contributed by atoms with E-state index in [1.54, 1.807) is 25.3 Å². The van der Waals surface area contributed by atoms with Gasteiger partial charge in [-0.2, -0.15) is 0 Å². The van der Waals surface area contributed by atoms with Crippen LogP contribution in [0.15, 0.2) is 36.4 Å². The van der Waals surface area contributed by atoms with Gasteiger partial charge in [0.2, 0.25) is 5.91 Å². The van der Waals surface area contributed by atoms with Crippen LogP contribution in [0.2, 0.25) is 5.02 Å². The summed E-state index contributed by atoms with van der Waals surface area (Å²) in [6.07, 6.45) is 0.0740. The third-order valence-electron chi connectivity index (χ3n) is 3.04. The van der Waals surface area contributed by atoms with Crippen LogP contribution in [-0.4, -0.2) is 20.1 Å². The Morgan fingerprint density at radius 3 is 2.59 bits per heavy atom. The lowest BCUT2D eigenvalue weighted by molar-refractivity contribution is -0.115. The largest absolute Gasteiger partial charge is 0.497 e. The van der Waals surface area contributed by atoms with Crippen molar-refractivity contribution in [1.29, 1.82) is 0 Å². The summed E-state index contributed by atoms with van der Waals surface area (Å²) in [5, 5.41) is 2.62. The van der Waals surface area contributed by atoms with Gasteiger partial charge < -0.3 is 14.8 Å². The molecule has 2 aromatic carbocycles. The highest BCUT2D eigenvalue weighted by Gasteiger charge is 2.11. The Balaban J connectivity index is 2.12. The Morgan fingerprint density at radius 1 is 1.18 bits per heavy atom. The van der Waals surface area contributed by atoms with E-state index in [9.17, 15) is 9.18 Å². The van der Waals surface area contributed by atoms with Crippen molar-refractivity contribution in [2.45, 2.75) is 6.42 Å². The molecule has 22 heavy (non-hydrogen) atoms. The molecule has 0 saturated heterocycles. The lowest BCUT2D eigenvalue weighted by atomic mass is 10.1. The molecule has 116 valence electrons. The number of hydrogen-bond acceptors (Lipinski definition) is 3. The highest BCUT2D eigenvalue weighted by Crippen LogP contribution is 2.25. The molecule has 2 rings (SSSR count). The van der Waals surface area contributed by atoms with E-state index >= 15 is 0 Å². The molecule has 0 saturated carbocycles. The number of carbonyl (C=O) groups excluding carboxylic acids is 1. The Morgan fingerprint density at radius 2 is 1.95 bits per heavy atom. The van der Waals surface area contributed by atoms with Gasteiger partial charge in [0.1, 0.15) is 17.3 Å². The molecule has 0 bridgehead atoms. The second-order valence-corrected chi connectivity index (χ2v) is 4.94. The second-order valence-electron chi connectivity index (χ2n) is 4.53. The number of methoxy groups -OCH3 is 2. The van der Waals surface area contributed by atoms with Crippen LogP contribution in [0.5, 0.6) is 11.5 Å². The smallest absolute Gasteiger partial charge is 0.228 e. The third-order valence-corrected chi connectivity index (χ3v) is 3.35. The summed E-state index contributed by atoms with van der Waals surface area (Å²) in [5.74, 6) is 0.325. The topological polar surface area (TPSA) is 47.6 Å². The van der Waals surface area contributed by atoms with Crippen LogP contribution in [0.4, 0.5) is 10.1 Å². The number of carbonyl (C=O) groups is 1. The van der Waals surface area contributed by atoms with Crippen molar-refractivity contribution in [1.82, 2.24) is 0 Å². The third kappa shape index (κ3) is 3.89. The number of benzene rings is 2. The molecule has 0 heterocycles. The Hall–Kier alpha value is -2.27. The lowest BCUT2D eigenvalue weighted by Crippen LogP contribution is -2.15. The number of amides is 1. The van der Waals surface area contributed by atoms with Gasteiger partial charge in [-0.1, -0.05) is 11.6 Å². The predicted octanol–water partition coefficient (Wildman–Crippen LogP) is 3.68. The van der Waals surface area contributed by atoms with E-state index in [1.165, 1.54) is 25.3 Å². The van der Waals surface area contributed by atoms with Crippen LogP contribution in [0.3, 0.4) is 0 Å². The van der Waals surface area contributed by atoms with E-state index in [-0.39, 0.29) is 17.4 Å². The fraction of sp³-hybridized carbons (Fsp3) is 0.188. The zero-order valence-corrected chi connectivity index (χ0v) is 12.9. The average molecular weight is 324 g/mol. The van der Waals surface area contributed by atoms with Gasteiger partial charge in [0.15, 0.2) is 0 Å². The number of halogens is 2. The van der Waals surface area contributed by atoms with Gasteiger partial charge in [0.25, 0.3) is 0 Å². The van der Waals surface area contributed by atoms with Gasteiger partial charge in [-0.05, 0) is 36.4 Å². The van der Waals surface area contributed by atoms with Crippen molar-refractivity contribution in [3.8, 4) is 11.5 Å². The monoisotopic (exact) mass is 323 g/mol. The van der Waals surface area contributed by atoms with Gasteiger partial charge >= 0.3 is 0 Å². The normalized spacial score (nSPS) is 10.2. The van der Waals surface area contributed by atoms with Crippen molar-refractivity contribution >= 4 is 23.2 Å². The number of ether oxygens (including phenoxy) is 2. The molecule has 0 aliphatic rings. The summed E-state index contributed by atoms with van der Waals surface area (Å²) in [6.45, 7) is 0. The van der Waals surface area contributed by atoms with Crippen LogP contribution >= 0.6 is 11.6 Å². The fourth-order valence-electron chi connectivity index (χ4n) is 1.97. The average Bonchev–Trinajstić information content (AvgIpc) is 2.50. The van der Waals surface area contributed by atoms with Gasteiger partial charge in [-0.25, -0.2) is 4.39 Å². The van der Waals surface area contributed by atoms with E-state index < -0.39 is 5.82 Å². The molecule has 1 N–H and O–H groups in total. The molecule has 0 aromatic heterocycles. The minimum atomic E-state index is -0.585. The fourth-order valence-corrected chi connectivity index (χ4v) is 2.09. The molecular formula is C16H15ClFNO3. The van der Waals surface area contributed by atoms with Crippen molar-refractivity contribution in [3.63, 3.8) is 0 Å². The molecule has 0 spiro atoms. The van der Waals surface area contributed by atoms with Crippen LogP contribution in [0, 0.1) is 5.82 Å². The summed E-state index contributed by atoms with van der Waals surface area (Å²) in [6, 6.07) is 9.28. The highest BCUT2D eigenvalue weighted by molar-refractivity contribution is 6.30. The Kier molecular flexibility index (Phi) is 5.22. The summed E-state index contributed by atoms with van der Waals surface area (Å²) in [4.78, 5) is 12.1. The van der Waals surface area contributed by atoms with Gasteiger partial charge in [-0.3, -0.25) is 4.79 Å². The van der Waals surface area contributed by atoms with E-state index in [0.717, 1.165) is 0 Å². The zero-order chi connectivity index (χ0) is 16.1. The molecule has 1 amide bonds. The summed E-state index contributed by atoms with van der Waals surface area (Å²) >= 11 is 5.60. The Labute approximate surface area is 132 Å². The van der Waals surface area contributed by atoms with Crippen molar-refractivity contribution < 1.29 is 18.7 Å².